The van der Waals surface area contributed by atoms with Gasteiger partial charge < -0.3 is 14.5 Å². The molecular weight excluding hydrogens is 384 g/mol. The van der Waals surface area contributed by atoms with Crippen LogP contribution in [0.4, 0.5) is 9.93 Å². The van der Waals surface area contributed by atoms with E-state index >= 15 is 0 Å². The molecule has 0 fully saturated rings. The van der Waals surface area contributed by atoms with E-state index in [2.05, 4.69) is 20.6 Å². The third-order valence-electron chi connectivity index (χ3n) is 3.62. The van der Waals surface area contributed by atoms with Gasteiger partial charge in [0.05, 0.1) is 29.5 Å². The number of methoxy groups -OCH3 is 1. The van der Waals surface area contributed by atoms with Crippen LogP contribution in [0.3, 0.4) is 0 Å². The third kappa shape index (κ3) is 5.48. The van der Waals surface area contributed by atoms with Crippen molar-refractivity contribution in [3.8, 4) is 5.75 Å². The van der Waals surface area contributed by atoms with Crippen LogP contribution in [0.2, 0.25) is 0 Å². The number of nitrogens with one attached hydrogen (secondary N) is 2. The van der Waals surface area contributed by atoms with Crippen molar-refractivity contribution in [3.63, 3.8) is 0 Å². The molecule has 0 radical (unpaired) electrons. The lowest BCUT2D eigenvalue weighted by molar-refractivity contribution is 0.251. The molecule has 0 atom stereocenters. The third-order valence-corrected chi connectivity index (χ3v) is 5.72. The number of rotatable bonds is 8. The molecular formula is C18H20N4O3S2. The van der Waals surface area contributed by atoms with Crippen LogP contribution in [0, 0.1) is 0 Å². The van der Waals surface area contributed by atoms with E-state index in [0.29, 0.717) is 23.3 Å². The number of benzene rings is 1. The second kappa shape index (κ2) is 9.43. The molecule has 2 aromatic heterocycles. The lowest BCUT2D eigenvalue weighted by Crippen LogP contribution is -2.28. The number of carbonyl (C=O) groups excluding carboxylic acids is 1. The fraction of sp³-hybridized carbons (Fsp3) is 0.278. The van der Waals surface area contributed by atoms with Crippen molar-refractivity contribution >= 4 is 34.3 Å². The molecule has 1 aromatic carbocycles. The predicted octanol–water partition coefficient (Wildman–Crippen LogP) is 4.32. The molecule has 2 amide bonds. The van der Waals surface area contributed by atoms with Crippen molar-refractivity contribution in [1.82, 2.24) is 15.3 Å². The number of nitrogens with zero attached hydrogens (tertiary/aromatic N) is 2. The van der Waals surface area contributed by atoms with Crippen LogP contribution in [0.25, 0.3) is 0 Å². The Hall–Kier alpha value is -2.52. The van der Waals surface area contributed by atoms with Crippen molar-refractivity contribution in [2.24, 2.45) is 0 Å². The molecule has 0 aliphatic heterocycles. The van der Waals surface area contributed by atoms with E-state index in [0.717, 1.165) is 27.7 Å². The van der Waals surface area contributed by atoms with Crippen molar-refractivity contribution in [3.05, 3.63) is 53.9 Å². The van der Waals surface area contributed by atoms with Crippen molar-refractivity contribution < 1.29 is 13.9 Å². The Morgan fingerprint density at radius 2 is 2.15 bits per heavy atom. The average Bonchev–Trinajstić information content (AvgIpc) is 3.34. The fourth-order valence-electron chi connectivity index (χ4n) is 2.26. The maximum atomic E-state index is 12.1. The zero-order chi connectivity index (χ0) is 19.1. The minimum Gasteiger partial charge on any atom is -0.496 e. The molecule has 142 valence electrons. The lowest BCUT2D eigenvalue weighted by Gasteiger charge is -2.09. The molecule has 0 aliphatic rings. The zero-order valence-corrected chi connectivity index (χ0v) is 16.7. The van der Waals surface area contributed by atoms with Gasteiger partial charge in [0.15, 0.2) is 5.13 Å². The number of thiazole rings is 1. The number of para-hydroxylation sites is 1. The summed E-state index contributed by atoms with van der Waals surface area (Å²) in [6.45, 7) is 2.39. The Kier molecular flexibility index (Phi) is 6.72. The Balaban J connectivity index is 1.47. The van der Waals surface area contributed by atoms with Gasteiger partial charge in [-0.2, -0.15) is 0 Å². The average molecular weight is 405 g/mol. The second-order valence-electron chi connectivity index (χ2n) is 5.47. The first-order chi connectivity index (χ1) is 13.2. The lowest BCUT2D eigenvalue weighted by atomic mass is 10.2. The van der Waals surface area contributed by atoms with Crippen LogP contribution >= 0.6 is 23.1 Å². The summed E-state index contributed by atoms with van der Waals surface area (Å²) in [5, 5.41) is 6.09. The quantitative estimate of drug-likeness (QED) is 0.544. The number of thioether (sulfide) groups is 1. The van der Waals surface area contributed by atoms with Gasteiger partial charge in [-0.3, -0.25) is 5.32 Å². The largest absolute Gasteiger partial charge is 0.496 e. The molecule has 0 spiro atoms. The van der Waals surface area contributed by atoms with E-state index in [1.165, 1.54) is 11.3 Å². The topological polar surface area (TPSA) is 89.3 Å². The summed E-state index contributed by atoms with van der Waals surface area (Å²) in [4.78, 5) is 20.5. The van der Waals surface area contributed by atoms with Gasteiger partial charge in [-0.15, -0.1) is 11.8 Å². The highest BCUT2D eigenvalue weighted by atomic mass is 32.2. The normalized spacial score (nSPS) is 10.6. The minimum absolute atomic E-state index is 0.313. The minimum atomic E-state index is -0.313. The van der Waals surface area contributed by atoms with E-state index in [9.17, 15) is 4.79 Å². The highest BCUT2D eigenvalue weighted by molar-refractivity contribution is 8.00. The van der Waals surface area contributed by atoms with Crippen LogP contribution in [0.5, 0.6) is 5.75 Å². The van der Waals surface area contributed by atoms with Crippen LogP contribution in [-0.4, -0.2) is 23.1 Å². The number of ether oxygens (including phenoxy) is 1. The number of aromatic nitrogens is 2. The monoisotopic (exact) mass is 404 g/mol. The molecule has 7 nitrogen and oxygen atoms in total. The van der Waals surface area contributed by atoms with Gasteiger partial charge in [-0.1, -0.05) is 36.5 Å². The predicted molar refractivity (Wildman–Crippen MR) is 106 cm³/mol. The molecule has 2 heterocycles. The summed E-state index contributed by atoms with van der Waals surface area (Å²) < 4.78 is 11.8. The van der Waals surface area contributed by atoms with Gasteiger partial charge in [0, 0.05) is 18.5 Å². The number of urea groups is 1. The summed E-state index contributed by atoms with van der Waals surface area (Å²) in [6, 6.07) is 7.24. The summed E-state index contributed by atoms with van der Waals surface area (Å²) in [7, 11) is 1.61. The number of carbonyl (C=O) groups is 1. The molecule has 0 saturated heterocycles. The molecule has 0 unspecified atom stereocenters. The summed E-state index contributed by atoms with van der Waals surface area (Å²) in [5.74, 6) is 2.93. The molecule has 2 N–H and O–H groups in total. The Morgan fingerprint density at radius 3 is 2.93 bits per heavy atom. The van der Waals surface area contributed by atoms with E-state index in [1.807, 2.05) is 31.2 Å². The maximum absolute atomic E-state index is 12.1. The van der Waals surface area contributed by atoms with E-state index in [-0.39, 0.29) is 6.03 Å². The molecule has 0 bridgehead atoms. The first-order valence-corrected chi connectivity index (χ1v) is 10.2. The molecule has 0 saturated carbocycles. The van der Waals surface area contributed by atoms with Crippen LogP contribution < -0.4 is 15.4 Å². The smallest absolute Gasteiger partial charge is 0.321 e. The van der Waals surface area contributed by atoms with Gasteiger partial charge in [0.2, 0.25) is 5.89 Å². The van der Waals surface area contributed by atoms with Crippen LogP contribution in [0.1, 0.15) is 24.1 Å². The first-order valence-electron chi connectivity index (χ1n) is 8.37. The Bertz CT molecular complexity index is 894. The standard InChI is InChI=1S/C18H20N4O3S2/c1-3-13-9-19-15(25-13)11-26-16-10-21-18(27-16)22-17(23)20-8-12-6-4-5-7-14(12)24-2/h4-7,9-10H,3,8,11H2,1-2H3,(H2,20,21,22,23). The van der Waals surface area contributed by atoms with Gasteiger partial charge >= 0.3 is 6.03 Å². The van der Waals surface area contributed by atoms with Gasteiger partial charge in [0.1, 0.15) is 11.5 Å². The number of oxazole rings is 1. The van der Waals surface area contributed by atoms with Crippen LogP contribution in [0.15, 0.2) is 45.3 Å². The fourth-order valence-corrected chi connectivity index (χ4v) is 3.98. The highest BCUT2D eigenvalue weighted by Crippen LogP contribution is 2.30. The Labute approximate surface area is 165 Å². The molecule has 9 heteroatoms. The van der Waals surface area contributed by atoms with E-state index < -0.39 is 0 Å². The highest BCUT2D eigenvalue weighted by Gasteiger charge is 2.10. The Morgan fingerprint density at radius 1 is 1.30 bits per heavy atom. The number of hydrogen-bond acceptors (Lipinski definition) is 7. The summed E-state index contributed by atoms with van der Waals surface area (Å²) in [5.41, 5.74) is 0.905. The molecule has 27 heavy (non-hydrogen) atoms. The van der Waals surface area contributed by atoms with Gasteiger partial charge in [0.25, 0.3) is 0 Å². The van der Waals surface area contributed by atoms with Crippen LogP contribution in [-0.2, 0) is 18.7 Å². The zero-order valence-electron chi connectivity index (χ0n) is 15.0. The van der Waals surface area contributed by atoms with Crippen molar-refractivity contribution in [2.75, 3.05) is 12.4 Å². The van der Waals surface area contributed by atoms with Crippen molar-refractivity contribution in [1.29, 1.82) is 0 Å². The SMILES string of the molecule is CCc1cnc(CSc2cnc(NC(=O)NCc3ccccc3OC)s2)o1. The molecule has 3 rings (SSSR count). The number of aryl methyl sites for hydroxylation is 1. The number of anilines is 1. The summed E-state index contributed by atoms with van der Waals surface area (Å²) in [6.07, 6.45) is 4.31. The first kappa shape index (κ1) is 19.2. The second-order valence-corrected chi connectivity index (χ2v) is 7.77. The van der Waals surface area contributed by atoms with Crippen molar-refractivity contribution in [2.45, 2.75) is 29.9 Å². The number of amides is 2. The van der Waals surface area contributed by atoms with Gasteiger partial charge in [-0.05, 0) is 6.07 Å². The van der Waals surface area contributed by atoms with E-state index in [4.69, 9.17) is 9.15 Å². The molecule has 3 aromatic rings. The number of hydrogen-bond donors (Lipinski definition) is 2. The molecule has 0 aliphatic carbocycles. The van der Waals surface area contributed by atoms with Gasteiger partial charge in [-0.25, -0.2) is 14.8 Å². The maximum Gasteiger partial charge on any atom is 0.321 e. The van der Waals surface area contributed by atoms with E-state index in [1.54, 1.807) is 31.3 Å². The summed E-state index contributed by atoms with van der Waals surface area (Å²) >= 11 is 2.98.